The molecular formula is C22H23F3N4O3S. The number of sulfonamides is 1. The van der Waals surface area contributed by atoms with Crippen molar-refractivity contribution in [1.29, 1.82) is 0 Å². The Balaban J connectivity index is 1.60. The zero-order valence-corrected chi connectivity index (χ0v) is 18.8. The molecule has 7 nitrogen and oxygen atoms in total. The number of carbonyl (C=O) groups excluding carboxylic acids is 1. The first-order chi connectivity index (χ1) is 15.5. The first-order valence-corrected chi connectivity index (χ1v) is 11.5. The Morgan fingerprint density at radius 1 is 1.06 bits per heavy atom. The molecule has 0 aliphatic rings. The molecule has 0 aliphatic carbocycles. The highest BCUT2D eigenvalue weighted by Gasteiger charge is 2.31. The van der Waals surface area contributed by atoms with Crippen LogP contribution in [0.3, 0.4) is 0 Å². The molecule has 0 aliphatic heterocycles. The Morgan fingerprint density at radius 2 is 1.76 bits per heavy atom. The fourth-order valence-corrected chi connectivity index (χ4v) is 4.26. The number of carbonyl (C=O) groups is 1. The maximum Gasteiger partial charge on any atom is 0.416 e. The van der Waals surface area contributed by atoms with Crippen molar-refractivity contribution in [2.45, 2.75) is 38.0 Å². The van der Waals surface area contributed by atoms with Crippen LogP contribution in [0.25, 0.3) is 0 Å². The molecule has 3 aromatic rings. The second kappa shape index (κ2) is 9.75. The highest BCUT2D eigenvalue weighted by atomic mass is 32.2. The predicted molar refractivity (Wildman–Crippen MR) is 116 cm³/mol. The third-order valence-corrected chi connectivity index (χ3v) is 6.46. The van der Waals surface area contributed by atoms with Crippen molar-refractivity contribution in [1.82, 2.24) is 19.8 Å². The van der Waals surface area contributed by atoms with Crippen LogP contribution >= 0.6 is 0 Å². The third-order valence-electron chi connectivity index (χ3n) is 5.06. The van der Waals surface area contributed by atoms with E-state index in [1.807, 2.05) is 53.6 Å². The van der Waals surface area contributed by atoms with Crippen LogP contribution < -0.4 is 10.0 Å². The van der Waals surface area contributed by atoms with E-state index in [1.165, 1.54) is 0 Å². The Morgan fingerprint density at radius 3 is 2.42 bits per heavy atom. The van der Waals surface area contributed by atoms with Gasteiger partial charge in [0.2, 0.25) is 15.9 Å². The van der Waals surface area contributed by atoms with Crippen molar-refractivity contribution in [3.63, 3.8) is 0 Å². The second-order valence-electron chi connectivity index (χ2n) is 7.42. The van der Waals surface area contributed by atoms with Gasteiger partial charge in [-0.05, 0) is 37.6 Å². The molecule has 11 heteroatoms. The van der Waals surface area contributed by atoms with Crippen LogP contribution in [0.2, 0.25) is 0 Å². The Bertz CT molecular complexity index is 1240. The van der Waals surface area contributed by atoms with Gasteiger partial charge in [-0.1, -0.05) is 36.4 Å². The maximum atomic E-state index is 12.8. The monoisotopic (exact) mass is 480 g/mol. The van der Waals surface area contributed by atoms with E-state index in [2.05, 4.69) is 10.4 Å². The average Bonchev–Trinajstić information content (AvgIpc) is 3.03. The minimum absolute atomic E-state index is 0.135. The molecule has 1 heterocycles. The van der Waals surface area contributed by atoms with E-state index in [1.54, 1.807) is 0 Å². The molecule has 0 bridgehead atoms. The summed E-state index contributed by atoms with van der Waals surface area (Å²) in [7, 11) is -4.30. The van der Waals surface area contributed by atoms with Crippen LogP contribution in [0.1, 0.15) is 28.1 Å². The van der Waals surface area contributed by atoms with E-state index in [9.17, 15) is 26.4 Å². The molecule has 3 rings (SSSR count). The number of hydrogen-bond acceptors (Lipinski definition) is 4. The second-order valence-corrected chi connectivity index (χ2v) is 9.19. The molecule has 33 heavy (non-hydrogen) atoms. The summed E-state index contributed by atoms with van der Waals surface area (Å²) in [5.74, 6) is -0.625. The Hall–Kier alpha value is -3.18. The van der Waals surface area contributed by atoms with Crippen LogP contribution in [0.5, 0.6) is 0 Å². The Labute approximate surface area is 189 Å². The normalized spacial score (nSPS) is 12.0. The highest BCUT2D eigenvalue weighted by Crippen LogP contribution is 2.30. The number of halogens is 3. The number of alkyl halides is 3. The van der Waals surface area contributed by atoms with Gasteiger partial charge in [-0.2, -0.15) is 18.3 Å². The number of aromatic nitrogens is 2. The van der Waals surface area contributed by atoms with E-state index in [-0.39, 0.29) is 6.54 Å². The number of nitrogens with zero attached hydrogens (tertiary/aromatic N) is 2. The highest BCUT2D eigenvalue weighted by molar-refractivity contribution is 7.89. The number of nitrogens with one attached hydrogen (secondary N) is 2. The quantitative estimate of drug-likeness (QED) is 0.518. The molecule has 1 amide bonds. The van der Waals surface area contributed by atoms with Crippen LogP contribution in [-0.2, 0) is 34.1 Å². The van der Waals surface area contributed by atoms with E-state index in [0.29, 0.717) is 12.6 Å². The lowest BCUT2D eigenvalue weighted by Gasteiger charge is -2.11. The summed E-state index contributed by atoms with van der Waals surface area (Å²) in [5.41, 5.74) is 2.38. The summed E-state index contributed by atoms with van der Waals surface area (Å²) < 4.78 is 67.0. The van der Waals surface area contributed by atoms with Crippen LogP contribution in [-0.4, -0.2) is 30.7 Å². The van der Waals surface area contributed by atoms with Crippen molar-refractivity contribution < 1.29 is 26.4 Å². The molecular weight excluding hydrogens is 457 g/mol. The zero-order valence-electron chi connectivity index (χ0n) is 18.0. The molecule has 0 saturated carbocycles. The van der Waals surface area contributed by atoms with Crippen molar-refractivity contribution in [2.75, 3.05) is 6.54 Å². The van der Waals surface area contributed by atoms with Gasteiger partial charge in [0, 0.05) is 17.8 Å². The van der Waals surface area contributed by atoms with Gasteiger partial charge in [-0.25, -0.2) is 13.1 Å². The standard InChI is InChI=1S/C22H23F3N4O3S/c1-15-20(16(2)29(28-15)14-17-7-4-3-5-8-17)12-26-21(30)13-27-33(31,32)19-10-6-9-18(11-19)22(23,24)25/h3-11,27H,12-14H2,1-2H3,(H,26,30). The summed E-state index contributed by atoms with van der Waals surface area (Å²) in [6.07, 6.45) is -4.68. The lowest BCUT2D eigenvalue weighted by atomic mass is 10.2. The SMILES string of the molecule is Cc1nn(Cc2ccccc2)c(C)c1CNC(=O)CNS(=O)(=O)c1cccc(C(F)(F)F)c1. The van der Waals surface area contributed by atoms with Crippen LogP contribution in [0.4, 0.5) is 13.2 Å². The Kier molecular flexibility index (Phi) is 7.23. The van der Waals surface area contributed by atoms with Crippen LogP contribution in [0, 0.1) is 13.8 Å². The number of hydrogen-bond donors (Lipinski definition) is 2. The van der Waals surface area contributed by atoms with Crippen LogP contribution in [0.15, 0.2) is 59.5 Å². The molecule has 0 unspecified atom stereocenters. The van der Waals surface area contributed by atoms with E-state index >= 15 is 0 Å². The maximum absolute atomic E-state index is 12.8. The smallest absolute Gasteiger partial charge is 0.351 e. The first-order valence-electron chi connectivity index (χ1n) is 9.98. The van der Waals surface area contributed by atoms with Gasteiger partial charge in [0.25, 0.3) is 0 Å². The summed E-state index contributed by atoms with van der Waals surface area (Å²) in [4.78, 5) is 11.6. The lowest BCUT2D eigenvalue weighted by Crippen LogP contribution is -2.36. The molecule has 0 saturated heterocycles. The van der Waals surface area contributed by atoms with Gasteiger partial charge in [0.05, 0.1) is 29.2 Å². The summed E-state index contributed by atoms with van der Waals surface area (Å²) in [5, 5.41) is 7.12. The zero-order chi connectivity index (χ0) is 24.2. The lowest BCUT2D eigenvalue weighted by molar-refractivity contribution is -0.137. The summed E-state index contributed by atoms with van der Waals surface area (Å²) in [6.45, 7) is 3.77. The van der Waals surface area contributed by atoms with Crippen molar-refractivity contribution >= 4 is 15.9 Å². The van der Waals surface area contributed by atoms with Gasteiger partial charge < -0.3 is 5.32 Å². The minimum atomic E-state index is -4.68. The van der Waals surface area contributed by atoms with Gasteiger partial charge in [-0.15, -0.1) is 0 Å². The largest absolute Gasteiger partial charge is 0.416 e. The molecule has 0 fully saturated rings. The predicted octanol–water partition coefficient (Wildman–Crippen LogP) is 3.16. The van der Waals surface area contributed by atoms with Crippen molar-refractivity contribution in [2.24, 2.45) is 0 Å². The third kappa shape index (κ3) is 6.20. The molecule has 0 atom stereocenters. The molecule has 1 aromatic heterocycles. The molecule has 2 aromatic carbocycles. The van der Waals surface area contributed by atoms with Crippen molar-refractivity contribution in [3.05, 3.63) is 82.7 Å². The average molecular weight is 481 g/mol. The molecule has 2 N–H and O–H groups in total. The van der Waals surface area contributed by atoms with Gasteiger partial charge >= 0.3 is 6.18 Å². The fourth-order valence-electron chi connectivity index (χ4n) is 3.23. The number of benzene rings is 2. The van der Waals surface area contributed by atoms with Gasteiger partial charge in [-0.3, -0.25) is 9.48 Å². The summed E-state index contributed by atoms with van der Waals surface area (Å²) >= 11 is 0. The van der Waals surface area contributed by atoms with Gasteiger partial charge in [0.15, 0.2) is 0 Å². The van der Waals surface area contributed by atoms with E-state index in [4.69, 9.17) is 0 Å². The topological polar surface area (TPSA) is 93.1 Å². The molecule has 0 spiro atoms. The number of rotatable bonds is 8. The van der Waals surface area contributed by atoms with Crippen molar-refractivity contribution in [3.8, 4) is 0 Å². The fraction of sp³-hybridized carbons (Fsp3) is 0.273. The number of amides is 1. The molecule has 0 radical (unpaired) electrons. The molecule has 176 valence electrons. The van der Waals surface area contributed by atoms with Gasteiger partial charge in [0.1, 0.15) is 0 Å². The number of aryl methyl sites for hydroxylation is 1. The van der Waals surface area contributed by atoms with E-state index < -0.39 is 39.1 Å². The van der Waals surface area contributed by atoms with E-state index in [0.717, 1.165) is 40.7 Å². The summed E-state index contributed by atoms with van der Waals surface area (Å²) in [6, 6.07) is 13.1. The first kappa shape index (κ1) is 24.5. The minimum Gasteiger partial charge on any atom is -0.351 e.